The number of benzene rings is 1. The Morgan fingerprint density at radius 3 is 2.77 bits per heavy atom. The number of rotatable bonds is 1. The van der Waals surface area contributed by atoms with Gasteiger partial charge in [0.15, 0.2) is 5.65 Å². The molecule has 2 aliphatic rings. The quantitative estimate of drug-likeness (QED) is 0.420. The molecule has 0 unspecified atom stereocenters. The highest BCUT2D eigenvalue weighted by Gasteiger charge is 2.32. The molecule has 1 saturated heterocycles. The van der Waals surface area contributed by atoms with Crippen LogP contribution in [0.25, 0.3) is 5.65 Å². The summed E-state index contributed by atoms with van der Waals surface area (Å²) in [5.74, 6) is 2.34. The molecule has 0 saturated carbocycles. The molecule has 35 heavy (non-hydrogen) atoms. The van der Waals surface area contributed by atoms with Gasteiger partial charge in [-0.05, 0) is 56.2 Å². The summed E-state index contributed by atoms with van der Waals surface area (Å²) in [6.45, 7) is 7.96. The summed E-state index contributed by atoms with van der Waals surface area (Å²) in [5, 5.41) is 25.7. The van der Waals surface area contributed by atoms with Crippen molar-refractivity contribution in [1.82, 2.24) is 24.9 Å². The third-order valence-electron chi connectivity index (χ3n) is 7.39. The average Bonchev–Trinajstić information content (AvgIpc) is 3.30. The highest BCUT2D eigenvalue weighted by Crippen LogP contribution is 2.35. The van der Waals surface area contributed by atoms with E-state index in [1.54, 1.807) is 4.52 Å². The lowest BCUT2D eigenvalue weighted by atomic mass is 9.74. The zero-order chi connectivity index (χ0) is 24.3. The van der Waals surface area contributed by atoms with Gasteiger partial charge in [-0.15, -0.1) is 0 Å². The molecule has 4 N–H and O–H groups in total. The predicted octanol–water partition coefficient (Wildman–Crippen LogP) is 3.57. The molecule has 5 rings (SSSR count). The van der Waals surface area contributed by atoms with Gasteiger partial charge in [-0.1, -0.05) is 38.5 Å². The largest absolute Gasteiger partial charge is 0.491 e. The second-order valence-electron chi connectivity index (χ2n) is 10.3. The molecule has 1 fully saturated rings. The summed E-state index contributed by atoms with van der Waals surface area (Å²) in [4.78, 5) is 9.72. The normalized spacial score (nSPS) is 21.2. The molecule has 4 heterocycles. The maximum atomic E-state index is 10.6. The minimum absolute atomic E-state index is 0.152. The smallest absolute Gasteiger partial charge is 0.229 e. The molecule has 1 aromatic carbocycles. The number of anilines is 2. The molecule has 0 aliphatic carbocycles. The lowest BCUT2D eigenvalue weighted by Crippen LogP contribution is -2.41. The number of hydrogen-bond acceptors (Lipinski definition) is 8. The molecule has 188 valence electrons. The first-order valence-electron chi connectivity index (χ1n) is 12.9. The maximum absolute atomic E-state index is 10.6. The Bertz CT molecular complexity index is 1140. The fraction of sp³-hybridized carbons (Fsp3) is 0.577. The molecule has 2 aromatic heterocycles. The van der Waals surface area contributed by atoms with Crippen molar-refractivity contribution in [2.75, 3.05) is 36.9 Å². The Morgan fingerprint density at radius 2 is 1.94 bits per heavy atom. The fourth-order valence-corrected chi connectivity index (χ4v) is 5.18. The van der Waals surface area contributed by atoms with Crippen LogP contribution in [-0.4, -0.2) is 57.0 Å². The van der Waals surface area contributed by atoms with E-state index in [1.165, 1.54) is 0 Å². The molecule has 3 aromatic rings. The van der Waals surface area contributed by atoms with Crippen molar-refractivity contribution < 1.29 is 9.84 Å². The number of ether oxygens (including phenoxy) is 1. The Kier molecular flexibility index (Phi) is 7.06. The van der Waals surface area contributed by atoms with Crippen LogP contribution in [0.15, 0.2) is 30.5 Å². The summed E-state index contributed by atoms with van der Waals surface area (Å²) in [7, 11) is 0. The summed E-state index contributed by atoms with van der Waals surface area (Å²) in [5.41, 5.74) is 3.08. The molecule has 9 nitrogen and oxygen atoms in total. The molecule has 9 heteroatoms. The Balaban J connectivity index is 1.51. The topological polar surface area (TPSA) is 109 Å². The van der Waals surface area contributed by atoms with Gasteiger partial charge in [0.05, 0.1) is 12.3 Å². The molecule has 0 amide bonds. The Hall–Kier alpha value is -2.91. The lowest BCUT2D eigenvalue weighted by molar-refractivity contribution is 0.0903. The van der Waals surface area contributed by atoms with Gasteiger partial charge in [0.2, 0.25) is 11.9 Å². The van der Waals surface area contributed by atoms with Crippen molar-refractivity contribution in [2.45, 2.75) is 64.5 Å². The number of aromatic nitrogens is 4. The summed E-state index contributed by atoms with van der Waals surface area (Å²) < 4.78 is 7.84. The first-order valence-corrected chi connectivity index (χ1v) is 12.9. The van der Waals surface area contributed by atoms with Crippen LogP contribution >= 0.6 is 0 Å². The Morgan fingerprint density at radius 1 is 1.11 bits per heavy atom. The lowest BCUT2D eigenvalue weighted by Gasteiger charge is -2.38. The second kappa shape index (κ2) is 10.4. The number of aliphatic hydroxyl groups is 1. The maximum Gasteiger partial charge on any atom is 0.229 e. The van der Waals surface area contributed by atoms with Crippen molar-refractivity contribution in [3.63, 3.8) is 0 Å². The zero-order valence-corrected chi connectivity index (χ0v) is 20.8. The van der Waals surface area contributed by atoms with Gasteiger partial charge in [0, 0.05) is 24.2 Å². The van der Waals surface area contributed by atoms with Crippen LogP contribution in [0.4, 0.5) is 11.9 Å². The number of aliphatic hydroxyl groups excluding tert-OH is 1. The zero-order valence-electron chi connectivity index (χ0n) is 20.8. The minimum Gasteiger partial charge on any atom is -0.491 e. The van der Waals surface area contributed by atoms with E-state index in [4.69, 9.17) is 14.7 Å². The molecule has 0 radical (unpaired) electrons. The molecular formula is C26H37N7O2. The molecule has 1 atom stereocenters. The summed E-state index contributed by atoms with van der Waals surface area (Å²) >= 11 is 0. The predicted molar refractivity (Wildman–Crippen MR) is 137 cm³/mol. The molecular weight excluding hydrogens is 442 g/mol. The van der Waals surface area contributed by atoms with Crippen LogP contribution in [0.3, 0.4) is 0 Å². The van der Waals surface area contributed by atoms with Gasteiger partial charge in [0.1, 0.15) is 12.4 Å². The van der Waals surface area contributed by atoms with Crippen LogP contribution < -0.4 is 20.7 Å². The van der Waals surface area contributed by atoms with Gasteiger partial charge < -0.3 is 25.8 Å². The highest BCUT2D eigenvalue weighted by atomic mass is 16.5. The average molecular weight is 480 g/mol. The van der Waals surface area contributed by atoms with Crippen LogP contribution in [0.1, 0.15) is 63.0 Å². The van der Waals surface area contributed by atoms with Crippen LogP contribution in [0.2, 0.25) is 0 Å². The van der Waals surface area contributed by atoms with E-state index in [9.17, 15) is 5.11 Å². The van der Waals surface area contributed by atoms with E-state index in [2.05, 4.69) is 34.9 Å². The molecule has 1 spiro atoms. The Labute approximate surface area is 206 Å². The van der Waals surface area contributed by atoms with Gasteiger partial charge in [0.25, 0.3) is 0 Å². The SMILES string of the molecule is CC(C)c1cnn2c3nc(nc12)NCC1(CCC[C@@H](O)COc2ccccc2CN3)CCNCC1. The number of nitrogens with zero attached hydrogens (tertiary/aromatic N) is 4. The van der Waals surface area contributed by atoms with Crippen LogP contribution in [0, 0.1) is 5.41 Å². The summed E-state index contributed by atoms with van der Waals surface area (Å²) in [6.07, 6.45) is 6.33. The van der Waals surface area contributed by atoms with Crippen molar-refractivity contribution in [1.29, 1.82) is 0 Å². The minimum atomic E-state index is -0.482. The molecule has 2 bridgehead atoms. The third-order valence-corrected chi connectivity index (χ3v) is 7.39. The number of fused-ring (bicyclic) bond motifs is 5. The van der Waals surface area contributed by atoms with E-state index in [1.807, 2.05) is 30.5 Å². The van der Waals surface area contributed by atoms with Crippen LogP contribution in [-0.2, 0) is 6.54 Å². The first-order chi connectivity index (χ1) is 17.0. The highest BCUT2D eigenvalue weighted by molar-refractivity contribution is 5.56. The van der Waals surface area contributed by atoms with Gasteiger partial charge in [-0.2, -0.15) is 19.6 Å². The van der Waals surface area contributed by atoms with Crippen LogP contribution in [0.5, 0.6) is 5.75 Å². The van der Waals surface area contributed by atoms with Gasteiger partial charge in [-0.3, -0.25) is 0 Å². The first kappa shape index (κ1) is 23.8. The third kappa shape index (κ3) is 5.36. The number of nitrogens with one attached hydrogen (secondary N) is 3. The van der Waals surface area contributed by atoms with Crippen molar-refractivity contribution in [2.24, 2.45) is 5.41 Å². The number of hydrogen-bond donors (Lipinski definition) is 4. The van der Waals surface area contributed by atoms with Gasteiger partial charge in [-0.25, -0.2) is 0 Å². The van der Waals surface area contributed by atoms with E-state index in [0.29, 0.717) is 31.0 Å². The summed E-state index contributed by atoms with van der Waals surface area (Å²) in [6, 6.07) is 7.92. The molecule has 2 aliphatic heterocycles. The fourth-order valence-electron chi connectivity index (χ4n) is 5.18. The monoisotopic (exact) mass is 479 g/mol. The van der Waals surface area contributed by atoms with E-state index >= 15 is 0 Å². The van der Waals surface area contributed by atoms with E-state index < -0.39 is 6.10 Å². The van der Waals surface area contributed by atoms with Crippen molar-refractivity contribution in [3.05, 3.63) is 41.6 Å². The number of piperidine rings is 1. The van der Waals surface area contributed by atoms with Crippen molar-refractivity contribution in [3.8, 4) is 5.75 Å². The van der Waals surface area contributed by atoms with E-state index in [-0.39, 0.29) is 5.41 Å². The number of para-hydroxylation sites is 1. The standard InChI is InChI=1S/C26H37N7O2/c1-18(2)21-15-30-33-23(21)31-24-29-17-26(10-12-27-13-11-26)9-5-7-20(34)16-35-22-8-4-3-6-19(22)14-28-25(33)32-24/h3-4,6,8,15,18,20,27,34H,5,7,9-14,16-17H2,1-2H3,(H2,28,29,31,32)/t20-/m1/s1. The van der Waals surface area contributed by atoms with E-state index in [0.717, 1.165) is 74.3 Å². The van der Waals surface area contributed by atoms with Gasteiger partial charge >= 0.3 is 0 Å². The second-order valence-corrected chi connectivity index (χ2v) is 10.3. The van der Waals surface area contributed by atoms with Crippen molar-refractivity contribution >= 4 is 17.5 Å².